The third kappa shape index (κ3) is 2.61. The Morgan fingerprint density at radius 1 is 1.58 bits per heavy atom. The Kier molecular flexibility index (Phi) is 3.76. The minimum atomic E-state index is 0.250. The van der Waals surface area contributed by atoms with Crippen LogP contribution >= 0.6 is 11.3 Å². The zero-order chi connectivity index (χ0) is 8.97. The highest BCUT2D eigenvalue weighted by Crippen LogP contribution is 2.23. The van der Waals surface area contributed by atoms with E-state index in [2.05, 4.69) is 31.4 Å². The molecule has 2 N–H and O–H groups in total. The molecule has 0 spiro atoms. The SMILES string of the molecule is CCC(C)CC(N)c1cccs1. The molecule has 2 unspecified atom stereocenters. The summed E-state index contributed by atoms with van der Waals surface area (Å²) < 4.78 is 0. The first-order valence-corrected chi connectivity index (χ1v) is 5.41. The van der Waals surface area contributed by atoms with Gasteiger partial charge in [0.05, 0.1) is 0 Å². The zero-order valence-corrected chi connectivity index (χ0v) is 8.60. The molecule has 0 aromatic carbocycles. The first kappa shape index (κ1) is 9.75. The van der Waals surface area contributed by atoms with Crippen LogP contribution in [0, 0.1) is 5.92 Å². The Labute approximate surface area is 78.6 Å². The molecule has 12 heavy (non-hydrogen) atoms. The van der Waals surface area contributed by atoms with Crippen LogP contribution in [0.3, 0.4) is 0 Å². The van der Waals surface area contributed by atoms with E-state index in [1.807, 2.05) is 0 Å². The number of rotatable bonds is 4. The number of nitrogens with two attached hydrogens (primary N) is 1. The van der Waals surface area contributed by atoms with E-state index >= 15 is 0 Å². The van der Waals surface area contributed by atoms with Gasteiger partial charge in [-0.2, -0.15) is 0 Å². The summed E-state index contributed by atoms with van der Waals surface area (Å²) in [7, 11) is 0. The highest BCUT2D eigenvalue weighted by Gasteiger charge is 2.09. The van der Waals surface area contributed by atoms with Gasteiger partial charge >= 0.3 is 0 Å². The molecule has 68 valence electrons. The minimum absolute atomic E-state index is 0.250. The van der Waals surface area contributed by atoms with Crippen molar-refractivity contribution in [3.05, 3.63) is 22.4 Å². The molecule has 0 saturated carbocycles. The van der Waals surface area contributed by atoms with Gasteiger partial charge in [0.2, 0.25) is 0 Å². The summed E-state index contributed by atoms with van der Waals surface area (Å²) in [4.78, 5) is 1.32. The van der Waals surface area contributed by atoms with Crippen molar-refractivity contribution in [1.29, 1.82) is 0 Å². The van der Waals surface area contributed by atoms with Crippen LogP contribution in [0.25, 0.3) is 0 Å². The smallest absolute Gasteiger partial charge is 0.0392 e. The summed E-state index contributed by atoms with van der Waals surface area (Å²) in [5, 5.41) is 2.09. The van der Waals surface area contributed by atoms with Crippen molar-refractivity contribution in [2.24, 2.45) is 11.7 Å². The predicted octanol–water partition coefficient (Wildman–Crippen LogP) is 3.18. The largest absolute Gasteiger partial charge is 0.323 e. The fourth-order valence-corrected chi connectivity index (χ4v) is 1.96. The molecule has 0 amide bonds. The van der Waals surface area contributed by atoms with Crippen LogP contribution in [0.4, 0.5) is 0 Å². The molecule has 1 nitrogen and oxygen atoms in total. The van der Waals surface area contributed by atoms with Crippen molar-refractivity contribution < 1.29 is 0 Å². The summed E-state index contributed by atoms with van der Waals surface area (Å²) in [5.41, 5.74) is 6.03. The van der Waals surface area contributed by atoms with Crippen LogP contribution in [0.2, 0.25) is 0 Å². The van der Waals surface area contributed by atoms with Crippen molar-refractivity contribution in [1.82, 2.24) is 0 Å². The molecule has 1 aromatic rings. The molecule has 0 radical (unpaired) electrons. The molecule has 0 saturated heterocycles. The van der Waals surface area contributed by atoms with E-state index in [9.17, 15) is 0 Å². The van der Waals surface area contributed by atoms with E-state index in [1.54, 1.807) is 11.3 Å². The summed E-state index contributed by atoms with van der Waals surface area (Å²) in [6, 6.07) is 4.44. The van der Waals surface area contributed by atoms with E-state index in [0.717, 1.165) is 12.3 Å². The Hall–Kier alpha value is -0.340. The van der Waals surface area contributed by atoms with Crippen LogP contribution in [0.1, 0.15) is 37.6 Å². The second-order valence-corrected chi connectivity index (χ2v) is 4.35. The fourth-order valence-electron chi connectivity index (χ4n) is 1.22. The summed E-state index contributed by atoms with van der Waals surface area (Å²) in [6.45, 7) is 4.47. The Bertz CT molecular complexity index is 206. The van der Waals surface area contributed by atoms with Crippen molar-refractivity contribution in [2.75, 3.05) is 0 Å². The van der Waals surface area contributed by atoms with Gasteiger partial charge in [0.15, 0.2) is 0 Å². The lowest BCUT2D eigenvalue weighted by Crippen LogP contribution is -2.12. The monoisotopic (exact) mass is 183 g/mol. The lowest BCUT2D eigenvalue weighted by Gasteiger charge is -2.13. The first-order valence-electron chi connectivity index (χ1n) is 4.53. The standard InChI is InChI=1S/C10H17NS/c1-3-8(2)7-9(11)10-5-4-6-12-10/h4-6,8-9H,3,7,11H2,1-2H3. The van der Waals surface area contributed by atoms with Crippen LogP contribution < -0.4 is 5.73 Å². The molecule has 1 rings (SSSR count). The predicted molar refractivity (Wildman–Crippen MR) is 55.3 cm³/mol. The van der Waals surface area contributed by atoms with Gasteiger partial charge in [-0.1, -0.05) is 26.3 Å². The van der Waals surface area contributed by atoms with E-state index in [-0.39, 0.29) is 6.04 Å². The van der Waals surface area contributed by atoms with Crippen LogP contribution in [0.15, 0.2) is 17.5 Å². The molecule has 0 aliphatic rings. The van der Waals surface area contributed by atoms with Gasteiger partial charge in [-0.05, 0) is 23.8 Å². The Morgan fingerprint density at radius 2 is 2.33 bits per heavy atom. The molecular weight excluding hydrogens is 166 g/mol. The van der Waals surface area contributed by atoms with E-state index in [1.165, 1.54) is 11.3 Å². The number of thiophene rings is 1. The van der Waals surface area contributed by atoms with Crippen molar-refractivity contribution in [2.45, 2.75) is 32.7 Å². The van der Waals surface area contributed by atoms with E-state index < -0.39 is 0 Å². The number of hydrogen-bond donors (Lipinski definition) is 1. The highest BCUT2D eigenvalue weighted by molar-refractivity contribution is 7.10. The van der Waals surface area contributed by atoms with E-state index in [0.29, 0.717) is 0 Å². The molecule has 1 heterocycles. The molecular formula is C10H17NS. The van der Waals surface area contributed by atoms with Gasteiger partial charge in [-0.25, -0.2) is 0 Å². The van der Waals surface area contributed by atoms with Crippen molar-refractivity contribution in [3.8, 4) is 0 Å². The maximum atomic E-state index is 6.03. The third-order valence-corrected chi connectivity index (χ3v) is 3.27. The van der Waals surface area contributed by atoms with Gasteiger partial charge in [0.1, 0.15) is 0 Å². The molecule has 1 aromatic heterocycles. The second-order valence-electron chi connectivity index (χ2n) is 3.37. The maximum Gasteiger partial charge on any atom is 0.0392 e. The van der Waals surface area contributed by atoms with Gasteiger partial charge in [-0.15, -0.1) is 11.3 Å². The van der Waals surface area contributed by atoms with Crippen LogP contribution in [0.5, 0.6) is 0 Å². The quantitative estimate of drug-likeness (QED) is 0.762. The first-order chi connectivity index (χ1) is 5.74. The lowest BCUT2D eigenvalue weighted by atomic mass is 9.99. The average Bonchev–Trinajstić information content (AvgIpc) is 2.56. The third-order valence-electron chi connectivity index (χ3n) is 2.26. The highest BCUT2D eigenvalue weighted by atomic mass is 32.1. The van der Waals surface area contributed by atoms with Crippen molar-refractivity contribution in [3.63, 3.8) is 0 Å². The van der Waals surface area contributed by atoms with Crippen molar-refractivity contribution >= 4 is 11.3 Å². The molecule has 2 atom stereocenters. The topological polar surface area (TPSA) is 26.0 Å². The molecule has 0 aliphatic carbocycles. The van der Waals surface area contributed by atoms with Gasteiger partial charge in [0.25, 0.3) is 0 Å². The zero-order valence-electron chi connectivity index (χ0n) is 7.79. The summed E-state index contributed by atoms with van der Waals surface area (Å²) in [5.74, 6) is 0.738. The molecule has 0 aliphatic heterocycles. The Balaban J connectivity index is 2.44. The number of hydrogen-bond acceptors (Lipinski definition) is 2. The Morgan fingerprint density at radius 3 is 2.83 bits per heavy atom. The van der Waals surface area contributed by atoms with Gasteiger partial charge < -0.3 is 5.73 Å². The van der Waals surface area contributed by atoms with Gasteiger partial charge in [0, 0.05) is 10.9 Å². The normalized spacial score (nSPS) is 15.9. The second kappa shape index (κ2) is 4.63. The average molecular weight is 183 g/mol. The minimum Gasteiger partial charge on any atom is -0.323 e. The molecule has 2 heteroatoms. The molecule has 0 fully saturated rings. The summed E-state index contributed by atoms with van der Waals surface area (Å²) >= 11 is 1.76. The van der Waals surface area contributed by atoms with Crippen LogP contribution in [-0.2, 0) is 0 Å². The molecule has 0 bridgehead atoms. The lowest BCUT2D eigenvalue weighted by molar-refractivity contribution is 0.465. The van der Waals surface area contributed by atoms with Crippen LogP contribution in [-0.4, -0.2) is 0 Å². The summed E-state index contributed by atoms with van der Waals surface area (Å²) in [6.07, 6.45) is 2.33. The van der Waals surface area contributed by atoms with E-state index in [4.69, 9.17) is 5.73 Å². The van der Waals surface area contributed by atoms with Gasteiger partial charge in [-0.3, -0.25) is 0 Å². The maximum absolute atomic E-state index is 6.03. The fraction of sp³-hybridized carbons (Fsp3) is 0.600.